The highest BCUT2D eigenvalue weighted by atomic mass is 35.5. The number of anilines is 1. The highest BCUT2D eigenvalue weighted by Crippen LogP contribution is 2.39. The first kappa shape index (κ1) is 13.1. The number of hydrogen-bond donors (Lipinski definition) is 0. The van der Waals surface area contributed by atoms with Crippen molar-refractivity contribution in [1.82, 2.24) is 14.9 Å². The molecule has 1 saturated carbocycles. The third kappa shape index (κ3) is 2.70. The van der Waals surface area contributed by atoms with Crippen molar-refractivity contribution in [2.75, 3.05) is 32.1 Å². The van der Waals surface area contributed by atoms with Crippen LogP contribution in [0.1, 0.15) is 31.5 Å². The first-order valence-corrected chi connectivity index (χ1v) is 7.38. The molecule has 0 bridgehead atoms. The Kier molecular flexibility index (Phi) is 3.39. The molecule has 2 aliphatic rings. The second-order valence-electron chi connectivity index (χ2n) is 6.09. The first-order valence-electron chi connectivity index (χ1n) is 7.00. The van der Waals surface area contributed by atoms with Gasteiger partial charge in [-0.25, -0.2) is 9.97 Å². The van der Waals surface area contributed by atoms with E-state index in [4.69, 9.17) is 16.6 Å². The molecule has 2 unspecified atom stereocenters. The van der Waals surface area contributed by atoms with Gasteiger partial charge in [0.15, 0.2) is 0 Å². The average molecular weight is 281 g/mol. The number of likely N-dealkylation sites (N-methyl/N-ethyl adjacent to an activating group) is 1. The highest BCUT2D eigenvalue weighted by Gasteiger charge is 2.33. The SMILES string of the molecule is CC1CN(c2cc(Cl)nc(C3CC3)n2)CC1N(C)C. The topological polar surface area (TPSA) is 32.3 Å². The molecule has 2 heterocycles. The summed E-state index contributed by atoms with van der Waals surface area (Å²) in [4.78, 5) is 13.7. The van der Waals surface area contributed by atoms with E-state index in [0.717, 1.165) is 24.7 Å². The summed E-state index contributed by atoms with van der Waals surface area (Å²) in [7, 11) is 4.29. The molecule has 3 rings (SSSR count). The maximum atomic E-state index is 6.15. The number of hydrogen-bond acceptors (Lipinski definition) is 4. The fraction of sp³-hybridized carbons (Fsp3) is 0.714. The maximum absolute atomic E-state index is 6.15. The summed E-state index contributed by atoms with van der Waals surface area (Å²) < 4.78 is 0. The lowest BCUT2D eigenvalue weighted by Gasteiger charge is -2.22. The van der Waals surface area contributed by atoms with Crippen molar-refractivity contribution in [3.05, 3.63) is 17.0 Å². The third-order valence-electron chi connectivity index (χ3n) is 4.20. The predicted octanol–water partition coefficient (Wildman–Crippen LogP) is 2.39. The van der Waals surface area contributed by atoms with Gasteiger partial charge in [0, 0.05) is 31.1 Å². The fourth-order valence-electron chi connectivity index (χ4n) is 2.92. The van der Waals surface area contributed by atoms with Gasteiger partial charge in [-0.15, -0.1) is 0 Å². The molecule has 0 amide bonds. The van der Waals surface area contributed by atoms with Crippen LogP contribution >= 0.6 is 11.6 Å². The van der Waals surface area contributed by atoms with Crippen molar-refractivity contribution >= 4 is 17.4 Å². The Hall–Kier alpha value is -0.870. The molecule has 4 nitrogen and oxygen atoms in total. The maximum Gasteiger partial charge on any atom is 0.135 e. The summed E-state index contributed by atoms with van der Waals surface area (Å²) in [6.45, 7) is 4.36. The van der Waals surface area contributed by atoms with Gasteiger partial charge in [0.2, 0.25) is 0 Å². The summed E-state index contributed by atoms with van der Waals surface area (Å²) >= 11 is 6.15. The van der Waals surface area contributed by atoms with Crippen LogP contribution in [0, 0.1) is 5.92 Å². The summed E-state index contributed by atoms with van der Waals surface area (Å²) in [5.41, 5.74) is 0. The molecule has 0 aromatic carbocycles. The molecule has 0 radical (unpaired) electrons. The van der Waals surface area contributed by atoms with E-state index in [2.05, 4.69) is 35.8 Å². The molecule has 1 aliphatic heterocycles. The number of aromatic nitrogens is 2. The van der Waals surface area contributed by atoms with E-state index in [0.29, 0.717) is 23.0 Å². The lowest BCUT2D eigenvalue weighted by atomic mass is 10.1. The Morgan fingerprint density at radius 1 is 1.26 bits per heavy atom. The van der Waals surface area contributed by atoms with Crippen LogP contribution in [-0.4, -0.2) is 48.1 Å². The van der Waals surface area contributed by atoms with E-state index in [9.17, 15) is 0 Å². The van der Waals surface area contributed by atoms with Gasteiger partial charge in [-0.1, -0.05) is 18.5 Å². The van der Waals surface area contributed by atoms with Crippen molar-refractivity contribution in [2.24, 2.45) is 5.92 Å². The second-order valence-corrected chi connectivity index (χ2v) is 6.48. The van der Waals surface area contributed by atoms with Gasteiger partial charge in [0.1, 0.15) is 16.8 Å². The molecule has 1 saturated heterocycles. The van der Waals surface area contributed by atoms with E-state index in [1.54, 1.807) is 0 Å². The molecule has 1 aromatic rings. The molecule has 2 fully saturated rings. The normalized spacial score (nSPS) is 27.3. The summed E-state index contributed by atoms with van der Waals surface area (Å²) in [6, 6.07) is 2.48. The molecule has 0 N–H and O–H groups in total. The summed E-state index contributed by atoms with van der Waals surface area (Å²) in [6.07, 6.45) is 2.41. The quantitative estimate of drug-likeness (QED) is 0.796. The van der Waals surface area contributed by atoms with Gasteiger partial charge in [0.05, 0.1) is 0 Å². The fourth-order valence-corrected chi connectivity index (χ4v) is 3.10. The Morgan fingerprint density at radius 2 is 2.00 bits per heavy atom. The van der Waals surface area contributed by atoms with Gasteiger partial charge in [0.25, 0.3) is 0 Å². The van der Waals surface area contributed by atoms with Crippen LogP contribution in [0.15, 0.2) is 6.07 Å². The Morgan fingerprint density at radius 3 is 2.58 bits per heavy atom. The van der Waals surface area contributed by atoms with Crippen LogP contribution in [0.2, 0.25) is 5.15 Å². The lowest BCUT2D eigenvalue weighted by Crippen LogP contribution is -2.34. The van der Waals surface area contributed by atoms with E-state index in [-0.39, 0.29) is 0 Å². The van der Waals surface area contributed by atoms with Crippen LogP contribution in [0.5, 0.6) is 0 Å². The standard InChI is InChI=1S/C14H21ClN4/c1-9-7-19(8-11(9)18(2)3)13-6-12(15)16-14(17-13)10-4-5-10/h6,9-11H,4-5,7-8H2,1-3H3. The molecule has 0 spiro atoms. The van der Waals surface area contributed by atoms with Gasteiger partial charge < -0.3 is 9.80 Å². The number of rotatable bonds is 3. The van der Waals surface area contributed by atoms with Crippen LogP contribution in [0.3, 0.4) is 0 Å². The summed E-state index contributed by atoms with van der Waals surface area (Å²) in [5.74, 6) is 3.12. The van der Waals surface area contributed by atoms with Gasteiger partial charge in [-0.3, -0.25) is 0 Å². The average Bonchev–Trinajstić information content (AvgIpc) is 3.11. The Bertz CT molecular complexity index is 473. The van der Waals surface area contributed by atoms with Gasteiger partial charge >= 0.3 is 0 Å². The largest absolute Gasteiger partial charge is 0.355 e. The molecule has 2 atom stereocenters. The molecule has 1 aromatic heterocycles. The Labute approximate surface area is 119 Å². The molecular weight excluding hydrogens is 260 g/mol. The van der Waals surface area contributed by atoms with Crippen LogP contribution in [0.25, 0.3) is 0 Å². The van der Waals surface area contributed by atoms with Crippen molar-refractivity contribution < 1.29 is 0 Å². The Balaban J connectivity index is 1.82. The lowest BCUT2D eigenvalue weighted by molar-refractivity contribution is 0.266. The minimum atomic E-state index is 0.544. The van der Waals surface area contributed by atoms with Crippen LogP contribution in [-0.2, 0) is 0 Å². The van der Waals surface area contributed by atoms with E-state index >= 15 is 0 Å². The van der Waals surface area contributed by atoms with E-state index in [1.807, 2.05) is 6.07 Å². The van der Waals surface area contributed by atoms with E-state index < -0.39 is 0 Å². The minimum absolute atomic E-state index is 0.544. The summed E-state index contributed by atoms with van der Waals surface area (Å²) in [5, 5.41) is 0.577. The van der Waals surface area contributed by atoms with Crippen molar-refractivity contribution in [2.45, 2.75) is 31.7 Å². The number of halogens is 1. The molecule has 19 heavy (non-hydrogen) atoms. The van der Waals surface area contributed by atoms with Gasteiger partial charge in [-0.2, -0.15) is 0 Å². The number of nitrogens with zero attached hydrogens (tertiary/aromatic N) is 4. The minimum Gasteiger partial charge on any atom is -0.355 e. The molecule has 1 aliphatic carbocycles. The van der Waals surface area contributed by atoms with Crippen LogP contribution in [0.4, 0.5) is 5.82 Å². The zero-order chi connectivity index (χ0) is 13.6. The van der Waals surface area contributed by atoms with E-state index in [1.165, 1.54) is 12.8 Å². The third-order valence-corrected chi connectivity index (χ3v) is 4.39. The predicted molar refractivity (Wildman–Crippen MR) is 77.9 cm³/mol. The molecular formula is C14H21ClN4. The zero-order valence-electron chi connectivity index (χ0n) is 11.8. The van der Waals surface area contributed by atoms with Crippen molar-refractivity contribution in [1.29, 1.82) is 0 Å². The molecule has 5 heteroatoms. The second kappa shape index (κ2) is 4.91. The van der Waals surface area contributed by atoms with Crippen molar-refractivity contribution in [3.63, 3.8) is 0 Å². The van der Waals surface area contributed by atoms with Crippen molar-refractivity contribution in [3.8, 4) is 0 Å². The zero-order valence-corrected chi connectivity index (χ0v) is 12.6. The first-order chi connectivity index (χ1) is 9.04. The smallest absolute Gasteiger partial charge is 0.135 e. The highest BCUT2D eigenvalue weighted by molar-refractivity contribution is 6.29. The van der Waals surface area contributed by atoms with Gasteiger partial charge in [-0.05, 0) is 32.9 Å². The van der Waals surface area contributed by atoms with Crippen LogP contribution < -0.4 is 4.90 Å². The molecule has 104 valence electrons. The monoisotopic (exact) mass is 280 g/mol.